The van der Waals surface area contributed by atoms with Gasteiger partial charge in [0.25, 0.3) is 0 Å². The Labute approximate surface area is 118 Å². The monoisotopic (exact) mass is 323 g/mol. The van der Waals surface area contributed by atoms with Crippen molar-refractivity contribution in [3.05, 3.63) is 33.6 Å². The highest BCUT2D eigenvalue weighted by atomic mass is 79.9. The van der Waals surface area contributed by atoms with E-state index in [0.29, 0.717) is 16.4 Å². The third-order valence-electron chi connectivity index (χ3n) is 2.46. The molecule has 0 radical (unpaired) electrons. The van der Waals surface area contributed by atoms with Gasteiger partial charge in [-0.1, -0.05) is 0 Å². The van der Waals surface area contributed by atoms with E-state index in [9.17, 15) is 0 Å². The summed E-state index contributed by atoms with van der Waals surface area (Å²) in [4.78, 5) is 1.68. The van der Waals surface area contributed by atoms with Gasteiger partial charge in [0.2, 0.25) is 0 Å². The van der Waals surface area contributed by atoms with Gasteiger partial charge < -0.3 is 9.47 Å². The summed E-state index contributed by atoms with van der Waals surface area (Å²) >= 11 is 4.81. The number of methoxy groups -OCH3 is 2. The molecular formula is C13H10BrNO2S. The highest BCUT2D eigenvalue weighted by Gasteiger charge is 2.11. The van der Waals surface area contributed by atoms with Gasteiger partial charge in [0.05, 0.1) is 14.2 Å². The summed E-state index contributed by atoms with van der Waals surface area (Å²) in [7, 11) is 3.21. The van der Waals surface area contributed by atoms with Crippen LogP contribution in [0.5, 0.6) is 11.5 Å². The number of nitrogens with zero attached hydrogens (tertiary/aromatic N) is 1. The minimum absolute atomic E-state index is 0.666. The lowest BCUT2D eigenvalue weighted by Crippen LogP contribution is -1.90. The molecule has 0 fully saturated rings. The molecule has 0 aliphatic heterocycles. The van der Waals surface area contributed by atoms with Gasteiger partial charge >= 0.3 is 0 Å². The number of nitriles is 1. The second-order valence-electron chi connectivity index (χ2n) is 3.47. The van der Waals surface area contributed by atoms with Gasteiger partial charge in [0, 0.05) is 9.35 Å². The molecule has 2 aromatic rings. The quantitative estimate of drug-likeness (QED) is 0.855. The van der Waals surface area contributed by atoms with E-state index in [0.717, 1.165) is 14.9 Å². The number of hydrogen-bond donors (Lipinski definition) is 0. The highest BCUT2D eigenvalue weighted by Crippen LogP contribution is 2.38. The molecule has 3 nitrogen and oxygen atoms in total. The third-order valence-corrected chi connectivity index (χ3v) is 4.43. The van der Waals surface area contributed by atoms with E-state index in [1.807, 2.05) is 24.3 Å². The van der Waals surface area contributed by atoms with Crippen LogP contribution in [0.1, 0.15) is 4.88 Å². The van der Waals surface area contributed by atoms with Crippen LogP contribution >= 0.6 is 27.3 Å². The van der Waals surface area contributed by atoms with E-state index in [1.165, 1.54) is 11.3 Å². The lowest BCUT2D eigenvalue weighted by molar-refractivity contribution is 0.355. The van der Waals surface area contributed by atoms with Crippen molar-refractivity contribution in [2.75, 3.05) is 14.2 Å². The Kier molecular flexibility index (Phi) is 3.90. The molecule has 2 rings (SSSR count). The van der Waals surface area contributed by atoms with E-state index in [-0.39, 0.29) is 0 Å². The zero-order valence-electron chi connectivity index (χ0n) is 9.86. The van der Waals surface area contributed by atoms with E-state index in [1.54, 1.807) is 14.2 Å². The van der Waals surface area contributed by atoms with Crippen molar-refractivity contribution in [3.8, 4) is 28.0 Å². The van der Waals surface area contributed by atoms with Crippen LogP contribution < -0.4 is 9.47 Å². The van der Waals surface area contributed by atoms with Crippen LogP contribution in [0.25, 0.3) is 10.4 Å². The molecule has 1 aromatic heterocycles. The first kappa shape index (κ1) is 12.9. The van der Waals surface area contributed by atoms with Crippen LogP contribution in [0.4, 0.5) is 0 Å². The molecule has 0 bridgehead atoms. The molecule has 0 N–H and O–H groups in total. The lowest BCUT2D eigenvalue weighted by Gasteiger charge is -2.08. The molecule has 0 spiro atoms. The minimum atomic E-state index is 0.666. The molecule has 0 atom stereocenters. The number of halogens is 1. The summed E-state index contributed by atoms with van der Waals surface area (Å²) in [6, 6.07) is 9.79. The van der Waals surface area contributed by atoms with E-state index >= 15 is 0 Å². The van der Waals surface area contributed by atoms with Gasteiger partial charge in [-0.15, -0.1) is 11.3 Å². The molecule has 5 heteroatoms. The van der Waals surface area contributed by atoms with Crippen LogP contribution in [0.3, 0.4) is 0 Å². The zero-order chi connectivity index (χ0) is 13.1. The smallest absolute Gasteiger partial charge is 0.161 e. The average molecular weight is 324 g/mol. The normalized spacial score (nSPS) is 9.89. The number of ether oxygens (including phenoxy) is 2. The summed E-state index contributed by atoms with van der Waals surface area (Å²) < 4.78 is 11.3. The van der Waals surface area contributed by atoms with Gasteiger partial charge in [-0.2, -0.15) is 5.26 Å². The maximum Gasteiger partial charge on any atom is 0.161 e. The second kappa shape index (κ2) is 5.42. The van der Waals surface area contributed by atoms with Gasteiger partial charge in [0.15, 0.2) is 11.5 Å². The Bertz CT molecular complexity index is 616. The predicted molar refractivity (Wildman–Crippen MR) is 75.3 cm³/mol. The summed E-state index contributed by atoms with van der Waals surface area (Å²) in [6.45, 7) is 0. The zero-order valence-corrected chi connectivity index (χ0v) is 12.3. The molecule has 0 amide bonds. The molecule has 0 unspecified atom stereocenters. The minimum Gasteiger partial charge on any atom is -0.493 e. The first-order chi connectivity index (χ1) is 8.69. The molecule has 1 aromatic carbocycles. The topological polar surface area (TPSA) is 42.2 Å². The molecule has 0 saturated carbocycles. The third kappa shape index (κ3) is 2.35. The second-order valence-corrected chi connectivity index (χ2v) is 5.38. The van der Waals surface area contributed by atoms with E-state index in [4.69, 9.17) is 14.7 Å². The molecule has 18 heavy (non-hydrogen) atoms. The van der Waals surface area contributed by atoms with Crippen molar-refractivity contribution in [1.29, 1.82) is 5.26 Å². The molecule has 0 aliphatic carbocycles. The van der Waals surface area contributed by atoms with E-state index in [2.05, 4.69) is 22.0 Å². The number of benzene rings is 1. The predicted octanol–water partition coefficient (Wildman–Crippen LogP) is 4.07. The molecule has 0 saturated heterocycles. The van der Waals surface area contributed by atoms with Crippen molar-refractivity contribution in [3.63, 3.8) is 0 Å². The van der Waals surface area contributed by atoms with Crippen LogP contribution in [0.15, 0.2) is 28.7 Å². The van der Waals surface area contributed by atoms with Crippen molar-refractivity contribution in [2.24, 2.45) is 0 Å². The first-order valence-electron chi connectivity index (χ1n) is 5.11. The number of hydrogen-bond acceptors (Lipinski definition) is 4. The van der Waals surface area contributed by atoms with Crippen LogP contribution in [0, 0.1) is 11.3 Å². The fourth-order valence-corrected chi connectivity index (χ4v) is 3.13. The first-order valence-corrected chi connectivity index (χ1v) is 6.72. The Balaban J connectivity index is 2.48. The molecule has 92 valence electrons. The van der Waals surface area contributed by atoms with E-state index < -0.39 is 0 Å². The van der Waals surface area contributed by atoms with Gasteiger partial charge in [-0.05, 0) is 45.8 Å². The number of rotatable bonds is 3. The van der Waals surface area contributed by atoms with Crippen molar-refractivity contribution in [1.82, 2.24) is 0 Å². The SMILES string of the molecule is COc1ccc(-c2cc(Br)c(C#N)s2)cc1OC. The largest absolute Gasteiger partial charge is 0.493 e. The van der Waals surface area contributed by atoms with Crippen molar-refractivity contribution in [2.45, 2.75) is 0 Å². The van der Waals surface area contributed by atoms with Gasteiger partial charge in [-0.3, -0.25) is 0 Å². The molecule has 1 heterocycles. The fraction of sp³-hybridized carbons (Fsp3) is 0.154. The maximum absolute atomic E-state index is 8.95. The lowest BCUT2D eigenvalue weighted by atomic mass is 10.1. The summed E-state index contributed by atoms with van der Waals surface area (Å²) in [5.41, 5.74) is 1.000. The highest BCUT2D eigenvalue weighted by molar-refractivity contribution is 9.10. The van der Waals surface area contributed by atoms with Crippen molar-refractivity contribution >= 4 is 27.3 Å². The summed E-state index contributed by atoms with van der Waals surface area (Å²) in [6.07, 6.45) is 0. The Morgan fingerprint density at radius 1 is 1.17 bits per heavy atom. The van der Waals surface area contributed by atoms with Gasteiger partial charge in [-0.25, -0.2) is 0 Å². The number of thiophene rings is 1. The van der Waals surface area contributed by atoms with Crippen LogP contribution in [0.2, 0.25) is 0 Å². The fourth-order valence-electron chi connectivity index (χ4n) is 1.58. The maximum atomic E-state index is 8.95. The molecule has 0 aliphatic rings. The Morgan fingerprint density at radius 2 is 1.89 bits per heavy atom. The Hall–Kier alpha value is -1.51. The van der Waals surface area contributed by atoms with Crippen LogP contribution in [-0.4, -0.2) is 14.2 Å². The standard InChI is InChI=1S/C13H10BrNO2S/c1-16-10-4-3-8(5-11(10)17-2)12-6-9(14)13(7-15)18-12/h3-6H,1-2H3. The summed E-state index contributed by atoms with van der Waals surface area (Å²) in [5.74, 6) is 1.37. The van der Waals surface area contributed by atoms with Crippen molar-refractivity contribution < 1.29 is 9.47 Å². The average Bonchev–Trinajstić information content (AvgIpc) is 2.79. The Morgan fingerprint density at radius 3 is 2.44 bits per heavy atom. The summed E-state index contributed by atoms with van der Waals surface area (Å²) in [5, 5.41) is 8.95. The molecular weight excluding hydrogens is 314 g/mol. The van der Waals surface area contributed by atoms with Crippen LogP contribution in [-0.2, 0) is 0 Å². The van der Waals surface area contributed by atoms with Gasteiger partial charge in [0.1, 0.15) is 10.9 Å².